The molecular weight excluding hydrogens is 380 g/mol. The third-order valence-electron chi connectivity index (χ3n) is 5.64. The van der Waals surface area contributed by atoms with E-state index in [4.69, 9.17) is 14.2 Å². The molecule has 0 aromatic heterocycles. The fraction of sp³-hybridized carbons (Fsp3) is 0.458. The van der Waals surface area contributed by atoms with Crippen molar-refractivity contribution < 1.29 is 19.0 Å². The first-order chi connectivity index (χ1) is 14.5. The van der Waals surface area contributed by atoms with Gasteiger partial charge < -0.3 is 19.1 Å². The summed E-state index contributed by atoms with van der Waals surface area (Å²) in [4.78, 5) is 16.9. The number of nitrogens with zero attached hydrogens (tertiary/aromatic N) is 2. The molecule has 0 radical (unpaired) electrons. The standard InChI is InChI=1S/C24H32N2O4/c1-25(12-5-6-18-7-9-21(28-2)10-8-18)17-24(27)26-13-11-19-14-22(29-3)23(30-4)15-20(19)16-26/h7-10,14-15H,5-6,11-13,16-17H2,1-4H3. The Labute approximate surface area is 179 Å². The highest BCUT2D eigenvalue weighted by Crippen LogP contribution is 2.33. The summed E-state index contributed by atoms with van der Waals surface area (Å²) < 4.78 is 16.0. The van der Waals surface area contributed by atoms with Gasteiger partial charge in [-0.05, 0) is 73.8 Å². The molecule has 3 rings (SSSR count). The lowest BCUT2D eigenvalue weighted by Gasteiger charge is -2.31. The molecule has 2 aromatic rings. The van der Waals surface area contributed by atoms with Crippen LogP contribution in [0.3, 0.4) is 0 Å². The molecule has 2 aromatic carbocycles. The molecule has 0 aliphatic carbocycles. The first kappa shape index (κ1) is 22.0. The number of amides is 1. The Morgan fingerprint density at radius 1 is 1.00 bits per heavy atom. The number of benzene rings is 2. The van der Waals surface area contributed by atoms with E-state index in [1.54, 1.807) is 21.3 Å². The molecule has 0 fully saturated rings. The molecule has 1 amide bonds. The SMILES string of the molecule is COc1ccc(CCCN(C)CC(=O)N2CCc3cc(OC)c(OC)cc3C2)cc1. The first-order valence-electron chi connectivity index (χ1n) is 10.4. The van der Waals surface area contributed by atoms with E-state index in [9.17, 15) is 4.79 Å². The second kappa shape index (κ2) is 10.3. The summed E-state index contributed by atoms with van der Waals surface area (Å²) in [6.07, 6.45) is 2.83. The highest BCUT2D eigenvalue weighted by Gasteiger charge is 2.23. The van der Waals surface area contributed by atoms with Crippen molar-refractivity contribution in [1.29, 1.82) is 0 Å². The average Bonchev–Trinajstić information content (AvgIpc) is 2.78. The van der Waals surface area contributed by atoms with Crippen molar-refractivity contribution in [2.45, 2.75) is 25.8 Å². The van der Waals surface area contributed by atoms with Crippen LogP contribution in [0.4, 0.5) is 0 Å². The van der Waals surface area contributed by atoms with Gasteiger partial charge >= 0.3 is 0 Å². The molecule has 0 saturated carbocycles. The molecule has 162 valence electrons. The normalized spacial score (nSPS) is 13.2. The van der Waals surface area contributed by atoms with E-state index in [2.05, 4.69) is 17.0 Å². The van der Waals surface area contributed by atoms with E-state index in [1.165, 1.54) is 11.1 Å². The molecule has 0 saturated heterocycles. The molecule has 1 aliphatic rings. The van der Waals surface area contributed by atoms with Crippen LogP contribution >= 0.6 is 0 Å². The third-order valence-corrected chi connectivity index (χ3v) is 5.64. The predicted octanol–water partition coefficient (Wildman–Crippen LogP) is 3.16. The van der Waals surface area contributed by atoms with Gasteiger partial charge in [0, 0.05) is 13.1 Å². The maximum absolute atomic E-state index is 12.8. The Morgan fingerprint density at radius 2 is 1.67 bits per heavy atom. The summed E-state index contributed by atoms with van der Waals surface area (Å²) >= 11 is 0. The maximum atomic E-state index is 12.8. The maximum Gasteiger partial charge on any atom is 0.237 e. The van der Waals surface area contributed by atoms with Gasteiger partial charge in [0.25, 0.3) is 0 Å². The van der Waals surface area contributed by atoms with Crippen molar-refractivity contribution >= 4 is 5.91 Å². The number of aryl methyl sites for hydroxylation is 1. The van der Waals surface area contributed by atoms with Gasteiger partial charge in [-0.15, -0.1) is 0 Å². The van der Waals surface area contributed by atoms with Crippen LogP contribution in [0.1, 0.15) is 23.1 Å². The summed E-state index contributed by atoms with van der Waals surface area (Å²) in [7, 11) is 6.97. The van der Waals surface area contributed by atoms with Crippen molar-refractivity contribution in [2.24, 2.45) is 0 Å². The smallest absolute Gasteiger partial charge is 0.237 e. The van der Waals surface area contributed by atoms with Crippen LogP contribution in [0.15, 0.2) is 36.4 Å². The van der Waals surface area contributed by atoms with Crippen LogP contribution < -0.4 is 14.2 Å². The average molecular weight is 413 g/mol. The van der Waals surface area contributed by atoms with E-state index in [0.717, 1.165) is 49.4 Å². The lowest BCUT2D eigenvalue weighted by atomic mass is 9.98. The van der Waals surface area contributed by atoms with Crippen LogP contribution in [-0.4, -0.2) is 63.7 Å². The fourth-order valence-corrected chi connectivity index (χ4v) is 3.85. The summed E-state index contributed by atoms with van der Waals surface area (Å²) in [5.41, 5.74) is 3.64. The third kappa shape index (κ3) is 5.45. The van der Waals surface area contributed by atoms with Crippen molar-refractivity contribution in [1.82, 2.24) is 9.80 Å². The van der Waals surface area contributed by atoms with E-state index >= 15 is 0 Å². The van der Waals surface area contributed by atoms with Crippen molar-refractivity contribution in [3.8, 4) is 17.2 Å². The number of carbonyl (C=O) groups excluding carboxylic acids is 1. The number of carbonyl (C=O) groups is 1. The number of likely N-dealkylation sites (N-methyl/N-ethyl adjacent to an activating group) is 1. The molecule has 1 aliphatic heterocycles. The van der Waals surface area contributed by atoms with Crippen molar-refractivity contribution in [2.75, 3.05) is 48.0 Å². The minimum absolute atomic E-state index is 0.169. The summed E-state index contributed by atoms with van der Waals surface area (Å²) in [5.74, 6) is 2.50. The van der Waals surface area contributed by atoms with Crippen LogP contribution in [0, 0.1) is 0 Å². The molecule has 6 nitrogen and oxygen atoms in total. The van der Waals surface area contributed by atoms with E-state index in [0.29, 0.717) is 18.8 Å². The largest absolute Gasteiger partial charge is 0.497 e. The highest BCUT2D eigenvalue weighted by molar-refractivity contribution is 5.78. The zero-order valence-corrected chi connectivity index (χ0v) is 18.4. The molecular formula is C24H32N2O4. The number of hydrogen-bond acceptors (Lipinski definition) is 5. The van der Waals surface area contributed by atoms with Gasteiger partial charge in [0.15, 0.2) is 11.5 Å². The minimum atomic E-state index is 0.169. The summed E-state index contributed by atoms with van der Waals surface area (Å²) in [6.45, 7) is 2.67. The highest BCUT2D eigenvalue weighted by atomic mass is 16.5. The Morgan fingerprint density at radius 3 is 2.30 bits per heavy atom. The van der Waals surface area contributed by atoms with Crippen LogP contribution in [0.2, 0.25) is 0 Å². The molecule has 6 heteroatoms. The molecule has 30 heavy (non-hydrogen) atoms. The number of hydrogen-bond donors (Lipinski definition) is 0. The van der Waals surface area contributed by atoms with Crippen LogP contribution in [-0.2, 0) is 24.2 Å². The fourth-order valence-electron chi connectivity index (χ4n) is 3.85. The lowest BCUT2D eigenvalue weighted by Crippen LogP contribution is -2.42. The summed E-state index contributed by atoms with van der Waals surface area (Å²) in [6, 6.07) is 12.2. The quantitative estimate of drug-likeness (QED) is 0.633. The first-order valence-corrected chi connectivity index (χ1v) is 10.4. The second-order valence-electron chi connectivity index (χ2n) is 7.73. The van der Waals surface area contributed by atoms with Gasteiger partial charge in [-0.2, -0.15) is 0 Å². The van der Waals surface area contributed by atoms with Crippen molar-refractivity contribution in [3.63, 3.8) is 0 Å². The monoisotopic (exact) mass is 412 g/mol. The van der Waals surface area contributed by atoms with Gasteiger partial charge in [-0.25, -0.2) is 0 Å². The Balaban J connectivity index is 1.48. The lowest BCUT2D eigenvalue weighted by molar-refractivity contribution is -0.133. The number of fused-ring (bicyclic) bond motifs is 1. The van der Waals surface area contributed by atoms with Crippen LogP contribution in [0.5, 0.6) is 17.2 Å². The van der Waals surface area contributed by atoms with Gasteiger partial charge in [0.05, 0.1) is 27.9 Å². The number of ether oxygens (including phenoxy) is 3. The molecule has 1 heterocycles. The van der Waals surface area contributed by atoms with E-state index in [-0.39, 0.29) is 5.91 Å². The molecule has 0 spiro atoms. The zero-order chi connectivity index (χ0) is 21.5. The molecule has 0 N–H and O–H groups in total. The minimum Gasteiger partial charge on any atom is -0.497 e. The van der Waals surface area contributed by atoms with Crippen LogP contribution in [0.25, 0.3) is 0 Å². The molecule has 0 atom stereocenters. The van der Waals surface area contributed by atoms with Gasteiger partial charge in [-0.3, -0.25) is 9.69 Å². The number of rotatable bonds is 9. The number of methoxy groups -OCH3 is 3. The van der Waals surface area contributed by atoms with E-state index in [1.807, 2.05) is 36.2 Å². The topological polar surface area (TPSA) is 51.2 Å². The predicted molar refractivity (Wildman–Crippen MR) is 117 cm³/mol. The molecule has 0 unspecified atom stereocenters. The van der Waals surface area contributed by atoms with Gasteiger partial charge in [0.2, 0.25) is 5.91 Å². The molecule has 0 bridgehead atoms. The summed E-state index contributed by atoms with van der Waals surface area (Å²) in [5, 5.41) is 0. The zero-order valence-electron chi connectivity index (χ0n) is 18.4. The Kier molecular flexibility index (Phi) is 7.57. The Hall–Kier alpha value is -2.73. The van der Waals surface area contributed by atoms with E-state index < -0.39 is 0 Å². The van der Waals surface area contributed by atoms with Crippen molar-refractivity contribution in [3.05, 3.63) is 53.1 Å². The van der Waals surface area contributed by atoms with Gasteiger partial charge in [-0.1, -0.05) is 12.1 Å². The van der Waals surface area contributed by atoms with Gasteiger partial charge in [0.1, 0.15) is 5.75 Å². The Bertz CT molecular complexity index is 851. The second-order valence-corrected chi connectivity index (χ2v) is 7.73.